The van der Waals surface area contributed by atoms with E-state index in [2.05, 4.69) is 18.7 Å². The largest absolute Gasteiger partial charge is 0.496 e. The van der Waals surface area contributed by atoms with Gasteiger partial charge in [-0.25, -0.2) is 9.79 Å². The molecule has 0 radical (unpaired) electrons. The molecule has 0 fully saturated rings. The summed E-state index contributed by atoms with van der Waals surface area (Å²) in [6.07, 6.45) is 1.84. The average Bonchev–Trinajstić information content (AvgIpc) is 3.62. The van der Waals surface area contributed by atoms with Gasteiger partial charge < -0.3 is 14.4 Å². The third-order valence-electron chi connectivity index (χ3n) is 6.82. The second-order valence-corrected chi connectivity index (χ2v) is 11.0. The Labute approximate surface area is 241 Å². The molecule has 3 heterocycles. The fraction of sp³-hybridized carbons (Fsp3) is 0.258. The lowest BCUT2D eigenvalue weighted by atomic mass is 9.97. The van der Waals surface area contributed by atoms with Crippen molar-refractivity contribution in [1.82, 2.24) is 4.57 Å². The number of anilines is 1. The molecule has 0 bridgehead atoms. The van der Waals surface area contributed by atoms with Gasteiger partial charge >= 0.3 is 5.97 Å². The van der Waals surface area contributed by atoms with E-state index in [1.54, 1.807) is 18.6 Å². The maximum absolute atomic E-state index is 14.0. The summed E-state index contributed by atoms with van der Waals surface area (Å²) >= 11 is 2.80. The Morgan fingerprint density at radius 1 is 1.07 bits per heavy atom. The van der Waals surface area contributed by atoms with Crippen LogP contribution in [0.3, 0.4) is 0 Å². The molecule has 1 atom stereocenters. The summed E-state index contributed by atoms with van der Waals surface area (Å²) in [5.74, 6) is 0.202. The van der Waals surface area contributed by atoms with Crippen LogP contribution in [-0.2, 0) is 9.53 Å². The van der Waals surface area contributed by atoms with Crippen LogP contribution >= 0.6 is 22.7 Å². The third kappa shape index (κ3) is 5.14. The van der Waals surface area contributed by atoms with Crippen molar-refractivity contribution in [1.29, 1.82) is 0 Å². The second kappa shape index (κ2) is 12.1. The van der Waals surface area contributed by atoms with Gasteiger partial charge in [0.15, 0.2) is 4.80 Å². The molecule has 4 aromatic rings. The van der Waals surface area contributed by atoms with Crippen molar-refractivity contribution in [3.8, 4) is 5.75 Å². The molecule has 0 saturated carbocycles. The van der Waals surface area contributed by atoms with Crippen molar-refractivity contribution in [3.63, 3.8) is 0 Å². The van der Waals surface area contributed by atoms with Gasteiger partial charge in [-0.3, -0.25) is 9.36 Å². The standard InChI is InChI=1S/C31H31N3O4S2/c1-5-33(6-2)22-16-15-21(23(19-22)37-4)18-25-29(35)34-28(24-14-11-17-39-24)26(30(36)38-7-3)27(32-31(34)40-25)20-12-9-8-10-13-20/h8-19,28H,5-7H2,1-4H3. The van der Waals surface area contributed by atoms with Crippen molar-refractivity contribution in [2.75, 3.05) is 31.7 Å². The van der Waals surface area contributed by atoms with Crippen LogP contribution in [0.5, 0.6) is 5.75 Å². The molecule has 0 amide bonds. The van der Waals surface area contributed by atoms with Gasteiger partial charge in [0.05, 0.1) is 29.5 Å². The minimum absolute atomic E-state index is 0.217. The number of hydrogen-bond acceptors (Lipinski definition) is 8. The fourth-order valence-electron chi connectivity index (χ4n) is 4.90. The van der Waals surface area contributed by atoms with Crippen molar-refractivity contribution in [2.45, 2.75) is 26.8 Å². The summed E-state index contributed by atoms with van der Waals surface area (Å²) < 4.78 is 13.4. The number of hydrogen-bond donors (Lipinski definition) is 0. The van der Waals surface area contributed by atoms with E-state index in [9.17, 15) is 9.59 Å². The number of carbonyl (C=O) groups is 1. The van der Waals surface area contributed by atoms with E-state index in [1.165, 1.54) is 22.7 Å². The lowest BCUT2D eigenvalue weighted by Crippen LogP contribution is -2.39. The van der Waals surface area contributed by atoms with Gasteiger partial charge in [0.2, 0.25) is 0 Å². The number of ether oxygens (including phenoxy) is 2. The van der Waals surface area contributed by atoms with Crippen molar-refractivity contribution < 1.29 is 14.3 Å². The summed E-state index contributed by atoms with van der Waals surface area (Å²) in [6.45, 7) is 7.98. The van der Waals surface area contributed by atoms with E-state index in [1.807, 2.05) is 72.1 Å². The molecule has 5 rings (SSSR count). The van der Waals surface area contributed by atoms with Crippen LogP contribution in [0.25, 0.3) is 11.8 Å². The molecular formula is C31H31N3O4S2. The first kappa shape index (κ1) is 27.6. The number of thiophene rings is 1. The number of thiazole rings is 1. The Balaban J connectivity index is 1.74. The third-order valence-corrected chi connectivity index (χ3v) is 8.73. The zero-order chi connectivity index (χ0) is 28.2. The van der Waals surface area contributed by atoms with Crippen molar-refractivity contribution in [2.24, 2.45) is 4.99 Å². The lowest BCUT2D eigenvalue weighted by molar-refractivity contribution is -0.138. The van der Waals surface area contributed by atoms with E-state index in [4.69, 9.17) is 14.5 Å². The molecular weight excluding hydrogens is 542 g/mol. The molecule has 9 heteroatoms. The van der Waals surface area contributed by atoms with Gasteiger partial charge in [-0.1, -0.05) is 47.7 Å². The Morgan fingerprint density at radius 3 is 2.50 bits per heavy atom. The van der Waals surface area contributed by atoms with Gasteiger partial charge in [-0.2, -0.15) is 0 Å². The van der Waals surface area contributed by atoms with Crippen LogP contribution in [0.2, 0.25) is 0 Å². The maximum Gasteiger partial charge on any atom is 0.338 e. The predicted octanol–water partition coefficient (Wildman–Crippen LogP) is 4.85. The number of benzene rings is 2. The smallest absolute Gasteiger partial charge is 0.338 e. The normalized spacial score (nSPS) is 15.0. The molecule has 0 aliphatic carbocycles. The molecule has 0 saturated heterocycles. The van der Waals surface area contributed by atoms with Gasteiger partial charge in [0.1, 0.15) is 11.8 Å². The van der Waals surface area contributed by atoms with E-state index >= 15 is 0 Å². The van der Waals surface area contributed by atoms with Crippen LogP contribution in [0.15, 0.2) is 81.4 Å². The highest BCUT2D eigenvalue weighted by atomic mass is 32.1. The fourth-order valence-corrected chi connectivity index (χ4v) is 6.72. The van der Waals surface area contributed by atoms with Crippen LogP contribution in [0.4, 0.5) is 5.69 Å². The van der Waals surface area contributed by atoms with E-state index in [0.29, 0.717) is 26.4 Å². The van der Waals surface area contributed by atoms with Gasteiger partial charge in [-0.05, 0) is 50.4 Å². The molecule has 1 aliphatic heterocycles. The highest BCUT2D eigenvalue weighted by Crippen LogP contribution is 2.37. The average molecular weight is 574 g/mol. The predicted molar refractivity (Wildman–Crippen MR) is 162 cm³/mol. The summed E-state index contributed by atoms with van der Waals surface area (Å²) in [7, 11) is 1.63. The number of carbonyl (C=O) groups excluding carboxylic acids is 1. The summed E-state index contributed by atoms with van der Waals surface area (Å²) in [5, 5.41) is 1.94. The molecule has 40 heavy (non-hydrogen) atoms. The summed E-state index contributed by atoms with van der Waals surface area (Å²) in [6, 6.07) is 18.8. The van der Waals surface area contributed by atoms with E-state index in [-0.39, 0.29) is 12.2 Å². The SMILES string of the molecule is CCOC(=O)C1=C(c2ccccc2)N=c2sc(=Cc3ccc(N(CC)CC)cc3OC)c(=O)n2C1c1cccs1. The molecule has 2 aromatic carbocycles. The maximum atomic E-state index is 14.0. The van der Waals surface area contributed by atoms with Crippen LogP contribution in [0.1, 0.15) is 42.8 Å². The number of esters is 1. The molecule has 0 N–H and O–H groups in total. The molecule has 206 valence electrons. The van der Waals surface area contributed by atoms with Crippen LogP contribution in [0, 0.1) is 0 Å². The van der Waals surface area contributed by atoms with Gasteiger partial charge in [0.25, 0.3) is 5.56 Å². The first-order chi connectivity index (χ1) is 19.5. The molecule has 1 aliphatic rings. The molecule has 2 aromatic heterocycles. The highest BCUT2D eigenvalue weighted by molar-refractivity contribution is 7.10. The Hall–Kier alpha value is -3.95. The zero-order valence-electron chi connectivity index (χ0n) is 22.9. The Bertz CT molecular complexity index is 1720. The minimum atomic E-state index is -0.653. The number of fused-ring (bicyclic) bond motifs is 1. The topological polar surface area (TPSA) is 73.1 Å². The second-order valence-electron chi connectivity index (χ2n) is 9.05. The first-order valence-electron chi connectivity index (χ1n) is 13.3. The Morgan fingerprint density at radius 2 is 1.85 bits per heavy atom. The molecule has 7 nitrogen and oxygen atoms in total. The van der Waals surface area contributed by atoms with Crippen LogP contribution < -0.4 is 24.5 Å². The monoisotopic (exact) mass is 573 g/mol. The van der Waals surface area contributed by atoms with Crippen LogP contribution in [-0.4, -0.2) is 37.3 Å². The van der Waals surface area contributed by atoms with Gasteiger partial charge in [-0.15, -0.1) is 11.3 Å². The zero-order valence-corrected chi connectivity index (χ0v) is 24.6. The lowest BCUT2D eigenvalue weighted by Gasteiger charge is -2.24. The number of rotatable bonds is 9. The van der Waals surface area contributed by atoms with Crippen molar-refractivity contribution in [3.05, 3.63) is 107 Å². The number of methoxy groups -OCH3 is 1. The van der Waals surface area contributed by atoms with Gasteiger partial charge in [0, 0.05) is 40.8 Å². The van der Waals surface area contributed by atoms with Crippen molar-refractivity contribution >= 4 is 46.1 Å². The quantitative estimate of drug-likeness (QED) is 0.268. The molecule has 1 unspecified atom stereocenters. The molecule has 0 spiro atoms. The number of aromatic nitrogens is 1. The van der Waals surface area contributed by atoms with E-state index in [0.717, 1.165) is 34.8 Å². The first-order valence-corrected chi connectivity index (χ1v) is 14.9. The number of nitrogens with zero attached hydrogens (tertiary/aromatic N) is 3. The summed E-state index contributed by atoms with van der Waals surface area (Å²) in [5.41, 5.74) is 3.31. The summed E-state index contributed by atoms with van der Waals surface area (Å²) in [4.78, 5) is 36.0. The highest BCUT2D eigenvalue weighted by Gasteiger charge is 2.35. The minimum Gasteiger partial charge on any atom is -0.496 e. The van der Waals surface area contributed by atoms with E-state index < -0.39 is 12.0 Å². The Kier molecular flexibility index (Phi) is 8.32.